The average Bonchev–Trinajstić information content (AvgIpc) is 1.59. The van der Waals surface area contributed by atoms with Crippen LogP contribution in [-0.4, -0.2) is 33.2 Å². The number of para-hydroxylation sites is 6. The van der Waals surface area contributed by atoms with E-state index in [1.807, 2.05) is 0 Å². The molecule has 0 saturated heterocycles. The van der Waals surface area contributed by atoms with Crippen molar-refractivity contribution in [2.24, 2.45) is 0 Å². The predicted octanol–water partition coefficient (Wildman–Crippen LogP) is 25.6. The van der Waals surface area contributed by atoms with Crippen molar-refractivity contribution >= 4 is 87.2 Å². The summed E-state index contributed by atoms with van der Waals surface area (Å²) in [5.74, 6) is 1.71. The van der Waals surface area contributed by atoms with Crippen LogP contribution in [0.1, 0.15) is 0 Å². The van der Waals surface area contributed by atoms with Crippen LogP contribution in [0.25, 0.3) is 200 Å². The predicted molar refractivity (Wildman–Crippen MR) is 441 cm³/mol. The van der Waals surface area contributed by atoms with Gasteiger partial charge in [-0.2, -0.15) is 0 Å². The van der Waals surface area contributed by atoms with Gasteiger partial charge in [-0.3, -0.25) is 0 Å². The van der Waals surface area contributed by atoms with Crippen molar-refractivity contribution in [3.63, 3.8) is 0 Å². The molecule has 0 saturated carbocycles. The maximum Gasteiger partial charge on any atom is 0.164 e. The lowest BCUT2D eigenvalue weighted by Crippen LogP contribution is -2.02. The second-order valence-corrected chi connectivity index (χ2v) is 27.5. The van der Waals surface area contributed by atoms with Crippen LogP contribution in [0, 0.1) is 0 Å². The van der Waals surface area contributed by atoms with Gasteiger partial charge in [0.2, 0.25) is 0 Å². The molecule has 16 aromatic carbocycles. The lowest BCUT2D eigenvalue weighted by atomic mass is 9.93. The Hall–Kier alpha value is -14.3. The van der Waals surface area contributed by atoms with E-state index in [0.29, 0.717) is 17.5 Å². The molecular formula is C99H63N7. The van der Waals surface area contributed by atoms with Crippen LogP contribution in [0.3, 0.4) is 0 Å². The molecule has 0 N–H and O–H groups in total. The maximum atomic E-state index is 5.50. The molecule has 21 rings (SSSR count). The molecule has 494 valence electrons. The molecule has 0 atom stereocenters. The third-order valence-electron chi connectivity index (χ3n) is 21.4. The number of hydrogen-bond acceptors (Lipinski definition) is 3. The van der Waals surface area contributed by atoms with Gasteiger partial charge in [-0.15, -0.1) is 0 Å². The van der Waals surface area contributed by atoms with Gasteiger partial charge in [0.25, 0.3) is 0 Å². The number of nitrogens with zero attached hydrogens (tertiary/aromatic N) is 7. The Labute approximate surface area is 611 Å². The van der Waals surface area contributed by atoms with Crippen LogP contribution in [0.5, 0.6) is 0 Å². The number of aromatic nitrogens is 7. The smallest absolute Gasteiger partial charge is 0.164 e. The lowest BCUT2D eigenvalue weighted by Gasteiger charge is -2.14. The van der Waals surface area contributed by atoms with Crippen LogP contribution in [-0.2, 0) is 0 Å². The molecule has 7 nitrogen and oxygen atoms in total. The van der Waals surface area contributed by atoms with Gasteiger partial charge in [-0.25, -0.2) is 15.0 Å². The van der Waals surface area contributed by atoms with Crippen molar-refractivity contribution in [1.29, 1.82) is 0 Å². The Morgan fingerprint density at radius 1 is 0.132 bits per heavy atom. The van der Waals surface area contributed by atoms with Crippen LogP contribution in [0.2, 0.25) is 0 Å². The monoisotopic (exact) mass is 1350 g/mol. The molecule has 0 aliphatic heterocycles. The molecule has 0 bridgehead atoms. The normalized spacial score (nSPS) is 11.8. The Kier molecular flexibility index (Phi) is 14.1. The van der Waals surface area contributed by atoms with Gasteiger partial charge in [0.15, 0.2) is 17.5 Å². The summed E-state index contributed by atoms with van der Waals surface area (Å²) in [6, 6.07) is 138. The van der Waals surface area contributed by atoms with Gasteiger partial charge in [-0.05, 0) is 201 Å². The molecule has 106 heavy (non-hydrogen) atoms. The zero-order chi connectivity index (χ0) is 69.8. The summed E-state index contributed by atoms with van der Waals surface area (Å²) in [7, 11) is 0. The van der Waals surface area contributed by atoms with Gasteiger partial charge in [0.05, 0.1) is 44.1 Å². The van der Waals surface area contributed by atoms with E-state index in [-0.39, 0.29) is 0 Å². The van der Waals surface area contributed by atoms with E-state index in [0.717, 1.165) is 117 Å². The largest absolute Gasteiger partial charge is 0.309 e. The van der Waals surface area contributed by atoms with E-state index in [9.17, 15) is 0 Å². The fraction of sp³-hybridized carbons (Fsp3) is 0. The molecule has 7 heteroatoms. The van der Waals surface area contributed by atoms with Gasteiger partial charge in [0, 0.05) is 82.5 Å². The standard InChI is InChI=1S/C99H63N7/c1-5-23-64(24-6-1)74-56-75(65-25-7-2-8-26-65)58-76(57-74)67-27-21-28-72(55-67)98-100-97(66-43-49-79(50-44-66)105-89-39-17-13-35-81(89)85-51-45-70(62-95(85)105)68-47-53-93-87(60-68)83-37-15-19-41-91(83)103(93)77-30-9-3-10-31-77)101-99(102-98)73-29-22-34-80(59-73)106-90-40-18-14-36-82(90)86-52-46-71(63-96(86)106)69-48-54-94-88(61-69)84-38-16-20-42-92(84)104(94)78-32-11-4-12-33-78/h1-63H. The molecule has 21 aromatic rings. The summed E-state index contributed by atoms with van der Waals surface area (Å²) in [4.78, 5) is 16.5. The highest BCUT2D eigenvalue weighted by Gasteiger charge is 2.22. The second-order valence-electron chi connectivity index (χ2n) is 27.5. The molecule has 0 amide bonds. The van der Waals surface area contributed by atoms with Crippen LogP contribution >= 0.6 is 0 Å². The Morgan fingerprint density at radius 3 is 0.877 bits per heavy atom. The van der Waals surface area contributed by atoms with Gasteiger partial charge < -0.3 is 18.3 Å². The average molecular weight is 1350 g/mol. The molecule has 0 spiro atoms. The van der Waals surface area contributed by atoms with E-state index in [4.69, 9.17) is 15.0 Å². The van der Waals surface area contributed by atoms with Crippen molar-refractivity contribution in [2.45, 2.75) is 0 Å². The highest BCUT2D eigenvalue weighted by Crippen LogP contribution is 2.43. The van der Waals surface area contributed by atoms with Crippen molar-refractivity contribution in [3.8, 4) is 113 Å². The first-order valence-electron chi connectivity index (χ1n) is 36.1. The van der Waals surface area contributed by atoms with E-state index in [2.05, 4.69) is 400 Å². The molecule has 0 radical (unpaired) electrons. The highest BCUT2D eigenvalue weighted by atomic mass is 15.0. The van der Waals surface area contributed by atoms with Crippen LogP contribution in [0.4, 0.5) is 0 Å². The van der Waals surface area contributed by atoms with Crippen LogP contribution < -0.4 is 0 Å². The lowest BCUT2D eigenvalue weighted by molar-refractivity contribution is 1.07. The maximum absolute atomic E-state index is 5.50. The SMILES string of the molecule is c1ccc(-c2cc(-c3ccccc3)cc(-c3cccc(-c4nc(-c5ccc(-n6c7ccccc7c7ccc(-c8ccc9c(c8)c8ccccc8n9-c8ccccc8)cc76)cc5)nc(-c5cccc(-n6c7ccccc7c7ccc(-c8ccc9c(c8)c8ccccc8n9-c8ccccc8)cc76)c5)n4)c3)c2)cc1. The summed E-state index contributed by atoms with van der Waals surface area (Å²) in [5.41, 5.74) is 27.4. The van der Waals surface area contributed by atoms with E-state index >= 15 is 0 Å². The van der Waals surface area contributed by atoms with E-state index in [1.54, 1.807) is 0 Å². The van der Waals surface area contributed by atoms with Crippen molar-refractivity contribution in [3.05, 3.63) is 382 Å². The minimum Gasteiger partial charge on any atom is -0.309 e. The molecular weight excluding hydrogens is 1290 g/mol. The first kappa shape index (κ1) is 60.5. The topological polar surface area (TPSA) is 58.4 Å². The minimum absolute atomic E-state index is 0.566. The molecule has 0 fully saturated rings. The highest BCUT2D eigenvalue weighted by molar-refractivity contribution is 6.15. The number of benzene rings is 16. The zero-order valence-electron chi connectivity index (χ0n) is 57.5. The molecule has 5 heterocycles. The van der Waals surface area contributed by atoms with Gasteiger partial charge >= 0.3 is 0 Å². The Balaban J connectivity index is 0.698. The van der Waals surface area contributed by atoms with Crippen molar-refractivity contribution in [1.82, 2.24) is 33.2 Å². The second kappa shape index (κ2) is 24.8. The molecule has 5 aromatic heterocycles. The van der Waals surface area contributed by atoms with Gasteiger partial charge in [-0.1, -0.05) is 237 Å². The fourth-order valence-electron chi connectivity index (χ4n) is 16.4. The summed E-state index contributed by atoms with van der Waals surface area (Å²) in [6.07, 6.45) is 0. The van der Waals surface area contributed by atoms with Crippen molar-refractivity contribution < 1.29 is 0 Å². The minimum atomic E-state index is 0.566. The summed E-state index contributed by atoms with van der Waals surface area (Å²) < 4.78 is 9.55. The first-order valence-corrected chi connectivity index (χ1v) is 36.1. The van der Waals surface area contributed by atoms with Crippen LogP contribution in [0.15, 0.2) is 382 Å². The number of hydrogen-bond donors (Lipinski definition) is 0. The molecule has 0 unspecified atom stereocenters. The molecule has 0 aliphatic rings. The van der Waals surface area contributed by atoms with E-state index in [1.165, 1.54) is 65.2 Å². The number of rotatable bonds is 12. The van der Waals surface area contributed by atoms with Gasteiger partial charge in [0.1, 0.15) is 0 Å². The van der Waals surface area contributed by atoms with E-state index < -0.39 is 0 Å². The Morgan fingerprint density at radius 2 is 0.406 bits per heavy atom. The summed E-state index contributed by atoms with van der Waals surface area (Å²) in [6.45, 7) is 0. The zero-order valence-corrected chi connectivity index (χ0v) is 57.5. The Bertz CT molecular complexity index is 6990. The number of fused-ring (bicyclic) bond motifs is 12. The fourth-order valence-corrected chi connectivity index (χ4v) is 16.4. The first-order chi connectivity index (χ1) is 52.5. The summed E-state index contributed by atoms with van der Waals surface area (Å²) in [5, 5.41) is 9.61. The quantitative estimate of drug-likeness (QED) is 0.122. The third kappa shape index (κ3) is 10.2. The summed E-state index contributed by atoms with van der Waals surface area (Å²) >= 11 is 0. The molecule has 0 aliphatic carbocycles. The van der Waals surface area contributed by atoms with Crippen molar-refractivity contribution in [2.75, 3.05) is 0 Å². The third-order valence-corrected chi connectivity index (χ3v) is 21.4.